The van der Waals surface area contributed by atoms with Crippen LogP contribution in [0.5, 0.6) is 0 Å². The van der Waals surface area contributed by atoms with Crippen molar-refractivity contribution in [2.75, 3.05) is 37.6 Å². The summed E-state index contributed by atoms with van der Waals surface area (Å²) in [6, 6.07) is 10.5. The quantitative estimate of drug-likeness (QED) is 0.901. The molecule has 132 valence electrons. The van der Waals surface area contributed by atoms with Crippen molar-refractivity contribution in [1.82, 2.24) is 20.2 Å². The van der Waals surface area contributed by atoms with Crippen LogP contribution in [-0.2, 0) is 6.54 Å². The molecule has 1 amide bonds. The average molecular weight is 339 g/mol. The van der Waals surface area contributed by atoms with Crippen LogP contribution in [0.15, 0.2) is 36.5 Å². The highest BCUT2D eigenvalue weighted by molar-refractivity contribution is 5.94. The molecule has 1 aliphatic heterocycles. The lowest BCUT2D eigenvalue weighted by Gasteiger charge is -2.34. The van der Waals surface area contributed by atoms with E-state index in [1.807, 2.05) is 19.9 Å². The van der Waals surface area contributed by atoms with Crippen LogP contribution in [0.25, 0.3) is 0 Å². The van der Waals surface area contributed by atoms with Crippen LogP contribution < -0.4 is 10.2 Å². The molecule has 1 aromatic carbocycles. The van der Waals surface area contributed by atoms with Gasteiger partial charge in [-0.15, -0.1) is 0 Å². The molecule has 1 aromatic heterocycles. The lowest BCUT2D eigenvalue weighted by atomic mass is 10.2. The predicted octanol–water partition coefficient (Wildman–Crippen LogP) is 1.86. The highest BCUT2D eigenvalue weighted by atomic mass is 16.1. The Bertz CT molecular complexity index is 711. The fraction of sp³-hybridized carbons (Fsp3) is 0.421. The monoisotopic (exact) mass is 339 g/mol. The molecule has 2 heterocycles. The van der Waals surface area contributed by atoms with Crippen molar-refractivity contribution in [3.63, 3.8) is 0 Å². The lowest BCUT2D eigenvalue weighted by molar-refractivity contribution is 0.0954. The second kappa shape index (κ2) is 8.07. The first kappa shape index (κ1) is 17.4. The highest BCUT2D eigenvalue weighted by Crippen LogP contribution is 2.15. The molecule has 2 aromatic rings. The van der Waals surface area contributed by atoms with Crippen molar-refractivity contribution >= 4 is 11.9 Å². The number of aryl methyl sites for hydroxylation is 1. The van der Waals surface area contributed by atoms with E-state index >= 15 is 0 Å². The molecule has 25 heavy (non-hydrogen) atoms. The van der Waals surface area contributed by atoms with Gasteiger partial charge in [0.05, 0.1) is 11.3 Å². The Morgan fingerprint density at radius 3 is 2.52 bits per heavy atom. The van der Waals surface area contributed by atoms with E-state index in [1.54, 1.807) is 6.20 Å². The Hall–Kier alpha value is -2.47. The number of carbonyl (C=O) groups is 1. The third-order valence-electron chi connectivity index (χ3n) is 4.45. The predicted molar refractivity (Wildman–Crippen MR) is 98.7 cm³/mol. The van der Waals surface area contributed by atoms with E-state index < -0.39 is 0 Å². The maximum atomic E-state index is 12.0. The second-order valence-electron chi connectivity index (χ2n) is 6.28. The number of hydrogen-bond donors (Lipinski definition) is 1. The minimum atomic E-state index is -0.112. The van der Waals surface area contributed by atoms with Crippen LogP contribution >= 0.6 is 0 Å². The van der Waals surface area contributed by atoms with Crippen molar-refractivity contribution in [1.29, 1.82) is 0 Å². The van der Waals surface area contributed by atoms with Gasteiger partial charge in [0.15, 0.2) is 0 Å². The van der Waals surface area contributed by atoms with Gasteiger partial charge in [-0.05, 0) is 19.4 Å². The van der Waals surface area contributed by atoms with Crippen LogP contribution in [0, 0.1) is 6.92 Å². The zero-order valence-corrected chi connectivity index (χ0v) is 14.9. The summed E-state index contributed by atoms with van der Waals surface area (Å²) in [5, 5.41) is 2.79. The van der Waals surface area contributed by atoms with Gasteiger partial charge in [0.2, 0.25) is 5.95 Å². The molecule has 0 aliphatic carbocycles. The number of hydrogen-bond acceptors (Lipinski definition) is 5. The standard InChI is InChI=1S/C19H25N5O/c1-3-20-18(25)17-13-21-19(22-15(17)2)24-11-9-23(10-12-24)14-16-7-5-4-6-8-16/h4-8,13H,3,9-12,14H2,1-2H3,(H,20,25). The largest absolute Gasteiger partial charge is 0.352 e. The first-order chi connectivity index (χ1) is 12.2. The summed E-state index contributed by atoms with van der Waals surface area (Å²) >= 11 is 0. The van der Waals surface area contributed by atoms with Gasteiger partial charge < -0.3 is 10.2 Å². The van der Waals surface area contributed by atoms with Crippen LogP contribution in [-0.4, -0.2) is 53.5 Å². The number of aromatic nitrogens is 2. The fourth-order valence-electron chi connectivity index (χ4n) is 3.03. The topological polar surface area (TPSA) is 61.4 Å². The van der Waals surface area contributed by atoms with Gasteiger partial charge in [0.25, 0.3) is 5.91 Å². The first-order valence-electron chi connectivity index (χ1n) is 8.80. The minimum Gasteiger partial charge on any atom is -0.352 e. The van der Waals surface area contributed by atoms with E-state index in [4.69, 9.17) is 0 Å². The first-order valence-corrected chi connectivity index (χ1v) is 8.80. The van der Waals surface area contributed by atoms with Gasteiger partial charge in [-0.2, -0.15) is 0 Å². The number of rotatable bonds is 5. The average Bonchev–Trinajstić information content (AvgIpc) is 2.63. The van der Waals surface area contributed by atoms with Crippen molar-refractivity contribution < 1.29 is 4.79 Å². The summed E-state index contributed by atoms with van der Waals surface area (Å²) in [6.07, 6.45) is 1.64. The molecule has 0 unspecified atom stereocenters. The molecule has 1 aliphatic rings. The normalized spacial score (nSPS) is 15.2. The van der Waals surface area contributed by atoms with E-state index in [-0.39, 0.29) is 5.91 Å². The number of amides is 1. The summed E-state index contributed by atoms with van der Waals surface area (Å²) in [7, 11) is 0. The highest BCUT2D eigenvalue weighted by Gasteiger charge is 2.20. The molecule has 0 atom stereocenters. The smallest absolute Gasteiger partial charge is 0.254 e. The third kappa shape index (κ3) is 4.33. The van der Waals surface area contributed by atoms with E-state index in [1.165, 1.54) is 5.56 Å². The summed E-state index contributed by atoms with van der Waals surface area (Å²) in [5.41, 5.74) is 2.62. The third-order valence-corrected chi connectivity index (χ3v) is 4.45. The van der Waals surface area contributed by atoms with Gasteiger partial charge in [0, 0.05) is 45.5 Å². The molecule has 6 nitrogen and oxygen atoms in total. The number of nitrogens with zero attached hydrogens (tertiary/aromatic N) is 4. The maximum absolute atomic E-state index is 12.0. The van der Waals surface area contributed by atoms with Crippen LogP contribution in [0.2, 0.25) is 0 Å². The molecule has 1 fully saturated rings. The Balaban J connectivity index is 1.59. The molecule has 0 saturated carbocycles. The summed E-state index contributed by atoms with van der Waals surface area (Å²) in [6.45, 7) is 9.09. The molecule has 1 N–H and O–H groups in total. The number of carbonyl (C=O) groups excluding carboxylic acids is 1. The fourth-order valence-corrected chi connectivity index (χ4v) is 3.03. The Morgan fingerprint density at radius 2 is 1.88 bits per heavy atom. The zero-order chi connectivity index (χ0) is 17.6. The molecular weight excluding hydrogens is 314 g/mol. The van der Waals surface area contributed by atoms with E-state index in [2.05, 4.69) is 49.4 Å². The Kier molecular flexibility index (Phi) is 5.60. The second-order valence-corrected chi connectivity index (χ2v) is 6.28. The van der Waals surface area contributed by atoms with Gasteiger partial charge in [-0.1, -0.05) is 30.3 Å². The van der Waals surface area contributed by atoms with Crippen LogP contribution in [0.3, 0.4) is 0 Å². The maximum Gasteiger partial charge on any atom is 0.254 e. The van der Waals surface area contributed by atoms with Crippen molar-refractivity contribution in [2.45, 2.75) is 20.4 Å². The van der Waals surface area contributed by atoms with Gasteiger partial charge in [-0.25, -0.2) is 9.97 Å². The summed E-state index contributed by atoms with van der Waals surface area (Å²) in [4.78, 5) is 25.6. The van der Waals surface area contributed by atoms with Crippen molar-refractivity contribution in [2.24, 2.45) is 0 Å². The van der Waals surface area contributed by atoms with Crippen LogP contribution in [0.4, 0.5) is 5.95 Å². The molecule has 3 rings (SSSR count). The van der Waals surface area contributed by atoms with Gasteiger partial charge >= 0.3 is 0 Å². The van der Waals surface area contributed by atoms with E-state index in [0.717, 1.165) is 38.4 Å². The number of nitrogens with one attached hydrogen (secondary N) is 1. The Labute approximate surface area is 148 Å². The van der Waals surface area contributed by atoms with Crippen molar-refractivity contribution in [3.05, 3.63) is 53.3 Å². The molecule has 1 saturated heterocycles. The number of anilines is 1. The molecule has 0 bridgehead atoms. The SMILES string of the molecule is CCNC(=O)c1cnc(N2CCN(Cc3ccccc3)CC2)nc1C. The van der Waals surface area contributed by atoms with Gasteiger partial charge in [-0.3, -0.25) is 9.69 Å². The molecule has 0 radical (unpaired) electrons. The van der Waals surface area contributed by atoms with Gasteiger partial charge in [0.1, 0.15) is 0 Å². The van der Waals surface area contributed by atoms with Crippen molar-refractivity contribution in [3.8, 4) is 0 Å². The zero-order valence-electron chi connectivity index (χ0n) is 14.9. The van der Waals surface area contributed by atoms with Crippen LogP contribution in [0.1, 0.15) is 28.5 Å². The number of benzene rings is 1. The minimum absolute atomic E-state index is 0.112. The Morgan fingerprint density at radius 1 is 1.16 bits per heavy atom. The molecule has 0 spiro atoms. The summed E-state index contributed by atoms with van der Waals surface area (Å²) in [5.74, 6) is 0.601. The molecular formula is C19H25N5O. The molecule has 6 heteroatoms. The van der Waals surface area contributed by atoms with E-state index in [0.29, 0.717) is 18.1 Å². The summed E-state index contributed by atoms with van der Waals surface area (Å²) < 4.78 is 0. The number of piperazine rings is 1. The lowest BCUT2D eigenvalue weighted by Crippen LogP contribution is -2.46. The van der Waals surface area contributed by atoms with E-state index in [9.17, 15) is 4.79 Å².